The Labute approximate surface area is 195 Å². The molecule has 2 aliphatic carbocycles. The first-order chi connectivity index (χ1) is 15.7. The first-order valence-electron chi connectivity index (χ1n) is 10.3. The summed E-state index contributed by atoms with van der Waals surface area (Å²) in [6.07, 6.45) is -0.393. The number of rotatable bonds is 6. The van der Waals surface area contributed by atoms with Gasteiger partial charge in [0.1, 0.15) is 10.0 Å². The number of alkyl halides is 2. The fourth-order valence-electron chi connectivity index (χ4n) is 3.93. The zero-order chi connectivity index (χ0) is 23.8. The highest BCUT2D eigenvalue weighted by Crippen LogP contribution is 2.48. The maximum atomic E-state index is 14.1. The molecular formula is C21H20F2N2O6S2. The van der Waals surface area contributed by atoms with E-state index in [9.17, 15) is 28.3 Å². The molecule has 2 aromatic heterocycles. The molecule has 2 heterocycles. The van der Waals surface area contributed by atoms with Gasteiger partial charge in [-0.2, -0.15) is 0 Å². The average molecular weight is 499 g/mol. The molecular weight excluding hydrogens is 478 g/mol. The van der Waals surface area contributed by atoms with Crippen LogP contribution in [0.5, 0.6) is 5.88 Å². The molecule has 2 aromatic rings. The number of halogens is 2. The lowest BCUT2D eigenvalue weighted by atomic mass is 9.93. The number of nitrogens with zero attached hydrogens (tertiary/aromatic N) is 1. The first kappa shape index (κ1) is 23.3. The molecule has 2 aliphatic rings. The standard InChI is InChI=1S/C21H20F2N2O6S2/c1-2-30-20(29)31-14-9-32-17(24-14)15-12-6-7-21(22,23)8-13(12)33-18(15)25-16(26)10-4-3-5-11(10)19(27)28/h9H,2-8H2,1H3,(H,25,26)(H,27,28). The van der Waals surface area contributed by atoms with E-state index >= 15 is 0 Å². The second-order valence-electron chi connectivity index (χ2n) is 7.59. The van der Waals surface area contributed by atoms with Crippen LogP contribution in [-0.4, -0.2) is 40.7 Å². The molecule has 0 atom stereocenters. The Balaban J connectivity index is 1.69. The Morgan fingerprint density at radius 3 is 2.73 bits per heavy atom. The van der Waals surface area contributed by atoms with Crippen LogP contribution in [0, 0.1) is 0 Å². The number of amides is 1. The van der Waals surface area contributed by atoms with Crippen molar-refractivity contribution in [3.05, 3.63) is 27.0 Å². The van der Waals surface area contributed by atoms with Crippen LogP contribution in [0.2, 0.25) is 0 Å². The minimum absolute atomic E-state index is 0.00141. The van der Waals surface area contributed by atoms with Crippen molar-refractivity contribution < 1.29 is 37.7 Å². The van der Waals surface area contributed by atoms with Crippen molar-refractivity contribution in [1.29, 1.82) is 0 Å². The topological polar surface area (TPSA) is 115 Å². The van der Waals surface area contributed by atoms with Crippen LogP contribution in [0.15, 0.2) is 16.5 Å². The maximum absolute atomic E-state index is 14.1. The van der Waals surface area contributed by atoms with Crippen LogP contribution < -0.4 is 10.1 Å². The average Bonchev–Trinajstić information content (AvgIpc) is 3.45. The molecule has 0 saturated heterocycles. The van der Waals surface area contributed by atoms with E-state index in [1.807, 2.05) is 0 Å². The minimum atomic E-state index is -2.85. The molecule has 0 unspecified atom stereocenters. The van der Waals surface area contributed by atoms with Crippen LogP contribution in [0.25, 0.3) is 10.6 Å². The predicted octanol–water partition coefficient (Wildman–Crippen LogP) is 5.03. The van der Waals surface area contributed by atoms with Gasteiger partial charge in [0, 0.05) is 34.4 Å². The van der Waals surface area contributed by atoms with E-state index < -0.39 is 30.4 Å². The summed E-state index contributed by atoms with van der Waals surface area (Å²) < 4.78 is 37.9. The van der Waals surface area contributed by atoms with E-state index in [4.69, 9.17) is 9.47 Å². The number of aromatic nitrogens is 1. The van der Waals surface area contributed by atoms with E-state index in [0.29, 0.717) is 45.3 Å². The van der Waals surface area contributed by atoms with Crippen molar-refractivity contribution in [3.63, 3.8) is 0 Å². The lowest BCUT2D eigenvalue weighted by Crippen LogP contribution is -2.24. The molecule has 0 radical (unpaired) electrons. The summed E-state index contributed by atoms with van der Waals surface area (Å²) in [6, 6.07) is 0. The van der Waals surface area contributed by atoms with E-state index in [2.05, 4.69) is 10.3 Å². The Morgan fingerprint density at radius 1 is 1.24 bits per heavy atom. The van der Waals surface area contributed by atoms with Crippen LogP contribution in [0.1, 0.15) is 43.0 Å². The quantitative estimate of drug-likeness (QED) is 0.537. The Bertz CT molecular complexity index is 1150. The molecule has 0 saturated carbocycles. The summed E-state index contributed by atoms with van der Waals surface area (Å²) in [4.78, 5) is 40.7. The highest BCUT2D eigenvalue weighted by Gasteiger charge is 2.38. The van der Waals surface area contributed by atoms with Gasteiger partial charge in [-0.1, -0.05) is 0 Å². The number of hydrogen-bond donors (Lipinski definition) is 2. The monoisotopic (exact) mass is 498 g/mol. The number of nitrogens with one attached hydrogen (secondary N) is 1. The van der Waals surface area contributed by atoms with Gasteiger partial charge in [-0.25, -0.2) is 23.4 Å². The van der Waals surface area contributed by atoms with Crippen LogP contribution >= 0.6 is 22.7 Å². The highest BCUT2D eigenvalue weighted by molar-refractivity contribution is 7.18. The number of carbonyl (C=O) groups excluding carboxylic acids is 2. The summed E-state index contributed by atoms with van der Waals surface area (Å²) in [5.41, 5.74) is 1.42. The molecule has 8 nitrogen and oxygen atoms in total. The minimum Gasteiger partial charge on any atom is -0.478 e. The summed E-state index contributed by atoms with van der Waals surface area (Å²) in [6.45, 7) is 1.76. The smallest absolute Gasteiger partial charge is 0.478 e. The lowest BCUT2D eigenvalue weighted by Gasteiger charge is -2.21. The maximum Gasteiger partial charge on any atom is 0.515 e. The van der Waals surface area contributed by atoms with E-state index in [-0.39, 0.29) is 36.5 Å². The fraction of sp³-hybridized carbons (Fsp3) is 0.429. The number of carboxylic acids is 1. The summed E-state index contributed by atoms with van der Waals surface area (Å²) in [5.74, 6) is -4.54. The fourth-order valence-corrected chi connectivity index (χ4v) is 6.11. The number of ether oxygens (including phenoxy) is 2. The van der Waals surface area contributed by atoms with Gasteiger partial charge in [0.15, 0.2) is 0 Å². The molecule has 176 valence electrons. The number of carbonyl (C=O) groups is 3. The number of aliphatic carboxylic acids is 1. The predicted molar refractivity (Wildman–Crippen MR) is 117 cm³/mol. The van der Waals surface area contributed by atoms with Gasteiger partial charge < -0.3 is 19.9 Å². The lowest BCUT2D eigenvalue weighted by molar-refractivity contribution is -0.133. The second-order valence-corrected chi connectivity index (χ2v) is 9.55. The summed E-state index contributed by atoms with van der Waals surface area (Å²) in [5, 5.41) is 14.3. The number of thiazole rings is 1. The highest BCUT2D eigenvalue weighted by atomic mass is 32.1. The van der Waals surface area contributed by atoms with Crippen molar-refractivity contribution in [2.45, 2.75) is 51.4 Å². The summed E-state index contributed by atoms with van der Waals surface area (Å²) in [7, 11) is 0. The zero-order valence-corrected chi connectivity index (χ0v) is 19.2. The van der Waals surface area contributed by atoms with Crippen LogP contribution in [-0.2, 0) is 27.2 Å². The van der Waals surface area contributed by atoms with Gasteiger partial charge in [-0.15, -0.1) is 22.7 Å². The van der Waals surface area contributed by atoms with Crippen LogP contribution in [0.3, 0.4) is 0 Å². The molecule has 2 N–H and O–H groups in total. The van der Waals surface area contributed by atoms with Gasteiger partial charge in [-0.05, 0) is 38.2 Å². The number of hydrogen-bond acceptors (Lipinski definition) is 8. The van der Waals surface area contributed by atoms with E-state index in [1.165, 1.54) is 5.38 Å². The van der Waals surface area contributed by atoms with Crippen LogP contribution in [0.4, 0.5) is 18.6 Å². The number of anilines is 1. The molecule has 0 aliphatic heterocycles. The third-order valence-electron chi connectivity index (χ3n) is 5.37. The normalized spacial score (nSPS) is 16.9. The largest absolute Gasteiger partial charge is 0.515 e. The SMILES string of the molecule is CCOC(=O)Oc1csc(-c2c(NC(=O)C3=C(C(=O)O)CCC3)sc3c2CCC(F)(F)C3)n1. The number of carboxylic acid groups (broad SMARTS) is 1. The van der Waals surface area contributed by atoms with Gasteiger partial charge in [-0.3, -0.25) is 4.79 Å². The van der Waals surface area contributed by atoms with Gasteiger partial charge in [0.05, 0.1) is 12.0 Å². The zero-order valence-electron chi connectivity index (χ0n) is 17.5. The van der Waals surface area contributed by atoms with E-state index in [0.717, 1.165) is 22.7 Å². The second kappa shape index (κ2) is 9.18. The third-order valence-corrected chi connectivity index (χ3v) is 7.36. The molecule has 0 bridgehead atoms. The van der Waals surface area contributed by atoms with Crippen molar-refractivity contribution in [3.8, 4) is 16.5 Å². The molecule has 0 spiro atoms. The van der Waals surface area contributed by atoms with Crippen molar-refractivity contribution in [2.75, 3.05) is 11.9 Å². The molecule has 0 fully saturated rings. The van der Waals surface area contributed by atoms with Gasteiger partial charge in [0.25, 0.3) is 11.8 Å². The molecule has 1 amide bonds. The Morgan fingerprint density at radius 2 is 2.00 bits per heavy atom. The van der Waals surface area contributed by atoms with E-state index in [1.54, 1.807) is 6.92 Å². The van der Waals surface area contributed by atoms with Crippen molar-refractivity contribution >= 4 is 45.7 Å². The molecule has 0 aromatic carbocycles. The molecule has 12 heteroatoms. The third kappa shape index (κ3) is 4.91. The molecule has 33 heavy (non-hydrogen) atoms. The Kier molecular flexibility index (Phi) is 6.48. The molecule has 4 rings (SSSR count). The van der Waals surface area contributed by atoms with Crippen molar-refractivity contribution in [2.24, 2.45) is 0 Å². The number of thiophene rings is 1. The Hall–Kier alpha value is -2.86. The number of fused-ring (bicyclic) bond motifs is 1. The van der Waals surface area contributed by atoms with Crippen molar-refractivity contribution in [1.82, 2.24) is 4.98 Å². The van der Waals surface area contributed by atoms with Gasteiger partial charge >= 0.3 is 12.1 Å². The van der Waals surface area contributed by atoms with Gasteiger partial charge in [0.2, 0.25) is 5.88 Å². The first-order valence-corrected chi connectivity index (χ1v) is 12.0. The summed E-state index contributed by atoms with van der Waals surface area (Å²) >= 11 is 2.18.